The fourth-order valence-electron chi connectivity index (χ4n) is 3.01. The highest BCUT2D eigenvalue weighted by Gasteiger charge is 2.25. The summed E-state index contributed by atoms with van der Waals surface area (Å²) in [6.45, 7) is 5.23. The van der Waals surface area contributed by atoms with E-state index in [0.717, 1.165) is 38.5 Å². The van der Waals surface area contributed by atoms with E-state index >= 15 is 0 Å². The topological polar surface area (TPSA) is 75.3 Å². The number of amides is 1. The highest BCUT2D eigenvalue weighted by atomic mass is 16.3. The second kappa shape index (κ2) is 8.54. The summed E-state index contributed by atoms with van der Waals surface area (Å²) in [7, 11) is 0. The van der Waals surface area contributed by atoms with Gasteiger partial charge in [-0.3, -0.25) is 4.79 Å². The van der Waals surface area contributed by atoms with Gasteiger partial charge in [0.2, 0.25) is 5.91 Å². The van der Waals surface area contributed by atoms with Gasteiger partial charge in [0.25, 0.3) is 0 Å². The van der Waals surface area contributed by atoms with Crippen molar-refractivity contribution in [3.05, 3.63) is 0 Å². The summed E-state index contributed by atoms with van der Waals surface area (Å²) in [6, 6.07) is 0.188. The van der Waals surface area contributed by atoms with Crippen molar-refractivity contribution in [2.45, 2.75) is 58.4 Å². The Kier molecular flexibility index (Phi) is 7.39. The summed E-state index contributed by atoms with van der Waals surface area (Å²) >= 11 is 0. The molecule has 0 saturated heterocycles. The van der Waals surface area contributed by atoms with Crippen molar-refractivity contribution in [1.82, 2.24) is 5.32 Å². The molecular weight excluding hydrogens is 240 g/mol. The van der Waals surface area contributed by atoms with Crippen LogP contribution in [-0.4, -0.2) is 30.2 Å². The van der Waals surface area contributed by atoms with Crippen LogP contribution in [0.2, 0.25) is 0 Å². The number of hydrogen-bond acceptors (Lipinski definition) is 3. The second-order valence-corrected chi connectivity index (χ2v) is 6.38. The average molecular weight is 270 g/mol. The Morgan fingerprint density at radius 2 is 2.16 bits per heavy atom. The molecule has 1 amide bonds. The molecule has 1 rings (SSSR count). The number of rotatable bonds is 7. The third-order valence-corrected chi connectivity index (χ3v) is 3.99. The molecular formula is C15H30N2O2. The average Bonchev–Trinajstić information content (AvgIpc) is 2.35. The summed E-state index contributed by atoms with van der Waals surface area (Å²) in [6.07, 6.45) is 5.71. The highest BCUT2D eigenvalue weighted by Crippen LogP contribution is 2.23. The van der Waals surface area contributed by atoms with Gasteiger partial charge in [-0.05, 0) is 43.9 Å². The van der Waals surface area contributed by atoms with Gasteiger partial charge in [0.05, 0.1) is 0 Å². The van der Waals surface area contributed by atoms with Crippen molar-refractivity contribution in [2.24, 2.45) is 23.5 Å². The lowest BCUT2D eigenvalue weighted by molar-refractivity contribution is -0.126. The molecule has 1 aliphatic rings. The number of carbonyl (C=O) groups is 1. The van der Waals surface area contributed by atoms with Gasteiger partial charge in [0, 0.05) is 25.1 Å². The molecule has 0 aromatic carbocycles. The van der Waals surface area contributed by atoms with E-state index in [9.17, 15) is 4.79 Å². The molecule has 19 heavy (non-hydrogen) atoms. The molecule has 4 nitrogen and oxygen atoms in total. The third kappa shape index (κ3) is 6.39. The molecule has 0 radical (unpaired) electrons. The largest absolute Gasteiger partial charge is 0.396 e. The van der Waals surface area contributed by atoms with E-state index < -0.39 is 0 Å². The Balaban J connectivity index is 2.33. The number of hydrogen-bond donors (Lipinski definition) is 3. The zero-order chi connectivity index (χ0) is 14.3. The molecule has 4 heteroatoms. The molecule has 0 bridgehead atoms. The van der Waals surface area contributed by atoms with Crippen LogP contribution in [0.1, 0.15) is 52.4 Å². The maximum Gasteiger partial charge on any atom is 0.223 e. The summed E-state index contributed by atoms with van der Waals surface area (Å²) in [5.74, 6) is 1.22. The van der Waals surface area contributed by atoms with E-state index in [4.69, 9.17) is 10.8 Å². The van der Waals surface area contributed by atoms with Crippen molar-refractivity contribution in [3.8, 4) is 0 Å². The van der Waals surface area contributed by atoms with Gasteiger partial charge in [-0.2, -0.15) is 0 Å². The van der Waals surface area contributed by atoms with Gasteiger partial charge < -0.3 is 16.2 Å². The molecule has 1 aliphatic carbocycles. The van der Waals surface area contributed by atoms with E-state index in [1.807, 2.05) is 0 Å². The van der Waals surface area contributed by atoms with Crippen LogP contribution in [0.4, 0.5) is 0 Å². The summed E-state index contributed by atoms with van der Waals surface area (Å²) in [4.78, 5) is 12.1. The lowest BCUT2D eigenvalue weighted by Gasteiger charge is -2.27. The Labute approximate surface area is 117 Å². The van der Waals surface area contributed by atoms with Crippen LogP contribution in [0.5, 0.6) is 0 Å². The maximum atomic E-state index is 12.1. The summed E-state index contributed by atoms with van der Waals surface area (Å²) in [5, 5.41) is 12.1. The molecule has 112 valence electrons. The maximum absolute atomic E-state index is 12.1. The predicted octanol–water partition coefficient (Wildman–Crippen LogP) is 1.66. The molecule has 4 N–H and O–H groups in total. The van der Waals surface area contributed by atoms with Crippen molar-refractivity contribution in [1.29, 1.82) is 0 Å². The number of aliphatic hydroxyl groups excluding tert-OH is 1. The first-order chi connectivity index (χ1) is 9.02. The smallest absolute Gasteiger partial charge is 0.223 e. The van der Waals surface area contributed by atoms with Gasteiger partial charge in [-0.25, -0.2) is 0 Å². The zero-order valence-corrected chi connectivity index (χ0v) is 12.4. The molecule has 0 aromatic rings. The van der Waals surface area contributed by atoms with Crippen LogP contribution in [0, 0.1) is 17.8 Å². The van der Waals surface area contributed by atoms with E-state index in [2.05, 4.69) is 19.2 Å². The molecule has 3 unspecified atom stereocenters. The Morgan fingerprint density at radius 3 is 2.74 bits per heavy atom. The first kappa shape index (κ1) is 16.4. The Hall–Kier alpha value is -0.610. The fourth-order valence-corrected chi connectivity index (χ4v) is 3.01. The van der Waals surface area contributed by atoms with Crippen LogP contribution >= 0.6 is 0 Å². The van der Waals surface area contributed by atoms with Gasteiger partial charge in [0.15, 0.2) is 0 Å². The molecule has 0 spiro atoms. The minimum absolute atomic E-state index is 0.0950. The third-order valence-electron chi connectivity index (χ3n) is 3.99. The molecule has 0 aromatic heterocycles. The predicted molar refractivity (Wildman–Crippen MR) is 77.6 cm³/mol. The molecule has 1 saturated carbocycles. The monoisotopic (exact) mass is 270 g/mol. The molecule has 0 aliphatic heterocycles. The fraction of sp³-hybridized carbons (Fsp3) is 0.933. The quantitative estimate of drug-likeness (QED) is 0.658. The van der Waals surface area contributed by atoms with Crippen molar-refractivity contribution < 1.29 is 9.90 Å². The van der Waals surface area contributed by atoms with Gasteiger partial charge in [-0.1, -0.05) is 20.3 Å². The molecule has 3 atom stereocenters. The van der Waals surface area contributed by atoms with Crippen LogP contribution in [0.25, 0.3) is 0 Å². The Morgan fingerprint density at radius 1 is 1.42 bits per heavy atom. The first-order valence-corrected chi connectivity index (χ1v) is 7.67. The highest BCUT2D eigenvalue weighted by molar-refractivity contribution is 5.78. The Bertz CT molecular complexity index is 269. The number of nitrogens with one attached hydrogen (secondary N) is 1. The summed E-state index contributed by atoms with van der Waals surface area (Å²) < 4.78 is 0. The zero-order valence-electron chi connectivity index (χ0n) is 12.4. The standard InChI is InChI=1S/C15H30N2O2/c1-11(2)8-12(6-7-18)10-17-15(19)13-4-3-5-14(16)9-13/h11-14,18H,3-10,16H2,1-2H3,(H,17,19). The minimum Gasteiger partial charge on any atom is -0.396 e. The van der Waals surface area contributed by atoms with Crippen molar-refractivity contribution in [3.63, 3.8) is 0 Å². The van der Waals surface area contributed by atoms with Crippen LogP contribution in [0.15, 0.2) is 0 Å². The van der Waals surface area contributed by atoms with Gasteiger partial charge in [-0.15, -0.1) is 0 Å². The van der Waals surface area contributed by atoms with Crippen LogP contribution in [-0.2, 0) is 4.79 Å². The SMILES string of the molecule is CC(C)CC(CCO)CNC(=O)C1CCCC(N)C1. The molecule has 1 fully saturated rings. The molecule has 0 heterocycles. The van der Waals surface area contributed by atoms with E-state index in [1.54, 1.807) is 0 Å². The van der Waals surface area contributed by atoms with Gasteiger partial charge >= 0.3 is 0 Å². The number of carbonyl (C=O) groups excluding carboxylic acids is 1. The van der Waals surface area contributed by atoms with Crippen molar-refractivity contribution in [2.75, 3.05) is 13.2 Å². The van der Waals surface area contributed by atoms with E-state index in [1.165, 1.54) is 0 Å². The van der Waals surface area contributed by atoms with E-state index in [-0.39, 0.29) is 24.5 Å². The number of nitrogens with two attached hydrogens (primary N) is 1. The van der Waals surface area contributed by atoms with E-state index in [0.29, 0.717) is 18.4 Å². The van der Waals surface area contributed by atoms with Crippen LogP contribution < -0.4 is 11.1 Å². The van der Waals surface area contributed by atoms with Crippen molar-refractivity contribution >= 4 is 5.91 Å². The minimum atomic E-state index is 0.0950. The second-order valence-electron chi connectivity index (χ2n) is 6.38. The lowest BCUT2D eigenvalue weighted by Crippen LogP contribution is -2.39. The van der Waals surface area contributed by atoms with Gasteiger partial charge in [0.1, 0.15) is 0 Å². The normalized spacial score (nSPS) is 25.3. The first-order valence-electron chi connectivity index (χ1n) is 7.67. The number of aliphatic hydroxyl groups is 1. The summed E-state index contributed by atoms with van der Waals surface area (Å²) in [5.41, 5.74) is 5.92. The lowest BCUT2D eigenvalue weighted by atomic mass is 9.85. The van der Waals surface area contributed by atoms with Crippen LogP contribution in [0.3, 0.4) is 0 Å².